The Morgan fingerprint density at radius 1 is 1.06 bits per heavy atom. The molecule has 1 aliphatic rings. The van der Waals surface area contributed by atoms with Gasteiger partial charge in [-0.05, 0) is 55.5 Å². The number of aromatic nitrogens is 3. The molecule has 0 amide bonds. The third-order valence-electron chi connectivity index (χ3n) is 6.10. The zero-order valence-corrected chi connectivity index (χ0v) is 21.4. The van der Waals surface area contributed by atoms with Gasteiger partial charge >= 0.3 is 0 Å². The number of methoxy groups -OCH3 is 1. The Bertz CT molecular complexity index is 1280. The topological polar surface area (TPSA) is 114 Å². The highest BCUT2D eigenvalue weighted by Crippen LogP contribution is 2.36. The van der Waals surface area contributed by atoms with Gasteiger partial charge in [-0.25, -0.2) is 4.98 Å². The van der Waals surface area contributed by atoms with Gasteiger partial charge in [-0.3, -0.25) is 4.18 Å². The molecule has 1 saturated carbocycles. The summed E-state index contributed by atoms with van der Waals surface area (Å²) in [6.45, 7) is 4.03. The molecule has 0 unspecified atom stereocenters. The van der Waals surface area contributed by atoms with Gasteiger partial charge in [0.2, 0.25) is 11.7 Å². The van der Waals surface area contributed by atoms with Crippen molar-refractivity contribution in [3.63, 3.8) is 0 Å². The van der Waals surface area contributed by atoms with Crippen LogP contribution in [0.4, 0.5) is 0 Å². The summed E-state index contributed by atoms with van der Waals surface area (Å²) in [6, 6.07) is 7.73. The van der Waals surface area contributed by atoms with E-state index in [1.165, 1.54) is 12.8 Å². The van der Waals surface area contributed by atoms with Gasteiger partial charge in [-0.1, -0.05) is 24.9 Å². The molecule has 0 atom stereocenters. The van der Waals surface area contributed by atoms with Crippen molar-refractivity contribution in [2.24, 2.45) is 0 Å². The smallest absolute Gasteiger partial charge is 0.264 e. The number of rotatable bonds is 10. The van der Waals surface area contributed by atoms with E-state index in [4.69, 9.17) is 18.2 Å². The van der Waals surface area contributed by atoms with Crippen LogP contribution in [-0.4, -0.2) is 50.1 Å². The van der Waals surface area contributed by atoms with Gasteiger partial charge in [0.25, 0.3) is 16.0 Å². The zero-order chi connectivity index (χ0) is 25.0. The molecule has 0 bridgehead atoms. The molecule has 0 saturated heterocycles. The molecule has 2 heterocycles. The Labute approximate surface area is 205 Å². The third kappa shape index (κ3) is 6.18. The number of benzene rings is 1. The molecule has 0 radical (unpaired) electrons. The van der Waals surface area contributed by atoms with E-state index in [0.29, 0.717) is 35.7 Å². The SMILES string of the molecule is CCc1cc(-c2noc(-c3cc(OC)nc(C4CCCC4)c3)n2)cc(C)c1OCCOS(C)(=O)=O. The van der Waals surface area contributed by atoms with Crippen molar-refractivity contribution in [1.82, 2.24) is 15.1 Å². The van der Waals surface area contributed by atoms with Gasteiger partial charge in [-0.2, -0.15) is 13.4 Å². The standard InChI is InChI=1S/C25H31N3O6S/c1-5-17-13-19(12-16(2)23(17)32-10-11-33-35(4,29)30)24-27-25(34-28-24)20-14-21(18-8-6-7-9-18)26-22(15-20)31-3/h12-15,18H,5-11H2,1-4H3. The Kier molecular flexibility index (Phi) is 7.71. The molecule has 0 spiro atoms. The van der Waals surface area contributed by atoms with E-state index in [0.717, 1.165) is 47.0 Å². The number of nitrogens with zero attached hydrogens (tertiary/aromatic N) is 3. The minimum atomic E-state index is -3.50. The third-order valence-corrected chi connectivity index (χ3v) is 6.69. The molecule has 2 aromatic heterocycles. The van der Waals surface area contributed by atoms with Crippen LogP contribution in [0.2, 0.25) is 0 Å². The summed E-state index contributed by atoms with van der Waals surface area (Å²) in [5.41, 5.74) is 4.45. The molecule has 0 aliphatic heterocycles. The molecule has 1 fully saturated rings. The second-order valence-electron chi connectivity index (χ2n) is 8.74. The number of pyridine rings is 1. The molecule has 35 heavy (non-hydrogen) atoms. The molecule has 1 aliphatic carbocycles. The summed E-state index contributed by atoms with van der Waals surface area (Å²) in [4.78, 5) is 9.30. The highest BCUT2D eigenvalue weighted by Gasteiger charge is 2.22. The van der Waals surface area contributed by atoms with Crippen molar-refractivity contribution in [2.45, 2.75) is 51.9 Å². The fourth-order valence-corrected chi connectivity index (χ4v) is 4.79. The molecule has 0 N–H and O–H groups in total. The maximum absolute atomic E-state index is 11.1. The van der Waals surface area contributed by atoms with Crippen molar-refractivity contribution >= 4 is 10.1 Å². The maximum Gasteiger partial charge on any atom is 0.264 e. The van der Waals surface area contributed by atoms with Crippen LogP contribution < -0.4 is 9.47 Å². The van der Waals surface area contributed by atoms with Crippen molar-refractivity contribution in [3.8, 4) is 34.5 Å². The fraction of sp³-hybridized carbons (Fsp3) is 0.480. The Morgan fingerprint density at radius 2 is 1.83 bits per heavy atom. The first-order valence-electron chi connectivity index (χ1n) is 11.8. The number of hydrogen-bond acceptors (Lipinski definition) is 9. The van der Waals surface area contributed by atoms with E-state index in [1.54, 1.807) is 7.11 Å². The van der Waals surface area contributed by atoms with E-state index in [-0.39, 0.29) is 13.2 Å². The lowest BCUT2D eigenvalue weighted by Crippen LogP contribution is -2.12. The van der Waals surface area contributed by atoms with Crippen molar-refractivity contribution in [3.05, 3.63) is 41.1 Å². The molecular weight excluding hydrogens is 470 g/mol. The molecule has 4 rings (SSSR count). The number of aryl methyl sites for hydroxylation is 2. The number of hydrogen-bond donors (Lipinski definition) is 0. The second kappa shape index (κ2) is 10.7. The first-order valence-corrected chi connectivity index (χ1v) is 13.6. The first kappa shape index (κ1) is 25.1. The first-order chi connectivity index (χ1) is 16.8. The van der Waals surface area contributed by atoms with Crippen molar-refractivity contribution in [1.29, 1.82) is 0 Å². The van der Waals surface area contributed by atoms with E-state index in [2.05, 4.69) is 15.1 Å². The maximum atomic E-state index is 11.1. The predicted molar refractivity (Wildman–Crippen MR) is 131 cm³/mol. The van der Waals surface area contributed by atoms with Crippen molar-refractivity contribution in [2.75, 3.05) is 26.6 Å². The quantitative estimate of drug-likeness (QED) is 0.288. The molecule has 188 valence electrons. The van der Waals surface area contributed by atoms with Crippen LogP contribution in [0, 0.1) is 6.92 Å². The van der Waals surface area contributed by atoms with Gasteiger partial charge in [0.05, 0.1) is 13.4 Å². The van der Waals surface area contributed by atoms with Crippen LogP contribution in [0.5, 0.6) is 11.6 Å². The highest BCUT2D eigenvalue weighted by molar-refractivity contribution is 7.85. The summed E-state index contributed by atoms with van der Waals surface area (Å²) in [6.07, 6.45) is 6.42. The van der Waals surface area contributed by atoms with Gasteiger partial charge in [0, 0.05) is 28.8 Å². The summed E-state index contributed by atoms with van der Waals surface area (Å²) in [7, 11) is -1.89. The summed E-state index contributed by atoms with van der Waals surface area (Å²) in [5, 5.41) is 4.22. The fourth-order valence-electron chi connectivity index (χ4n) is 4.42. The van der Waals surface area contributed by atoms with Gasteiger partial charge in [0.1, 0.15) is 19.0 Å². The second-order valence-corrected chi connectivity index (χ2v) is 10.4. The van der Waals surface area contributed by atoms with Gasteiger partial charge in [-0.15, -0.1) is 0 Å². The average molecular weight is 502 g/mol. The van der Waals surface area contributed by atoms with Crippen LogP contribution in [-0.2, 0) is 20.7 Å². The summed E-state index contributed by atoms with van der Waals surface area (Å²) < 4.78 is 43.9. The minimum absolute atomic E-state index is 0.0460. The molecule has 9 nitrogen and oxygen atoms in total. The Hall–Kier alpha value is -2.98. The molecule has 3 aromatic rings. The Balaban J connectivity index is 1.57. The molecule has 10 heteroatoms. The van der Waals surface area contributed by atoms with E-state index >= 15 is 0 Å². The van der Waals surface area contributed by atoms with Crippen LogP contribution in [0.1, 0.15) is 55.3 Å². The largest absolute Gasteiger partial charge is 0.491 e. The summed E-state index contributed by atoms with van der Waals surface area (Å²) >= 11 is 0. The highest BCUT2D eigenvalue weighted by atomic mass is 32.2. The van der Waals surface area contributed by atoms with E-state index < -0.39 is 10.1 Å². The lowest BCUT2D eigenvalue weighted by atomic mass is 10.0. The van der Waals surface area contributed by atoms with Crippen LogP contribution >= 0.6 is 0 Å². The lowest BCUT2D eigenvalue weighted by Gasteiger charge is -2.14. The predicted octanol–water partition coefficient (Wildman–Crippen LogP) is 4.69. The summed E-state index contributed by atoms with van der Waals surface area (Å²) in [5.74, 6) is 2.56. The van der Waals surface area contributed by atoms with E-state index in [9.17, 15) is 8.42 Å². The average Bonchev–Trinajstić information content (AvgIpc) is 3.54. The van der Waals surface area contributed by atoms with Crippen LogP contribution in [0.25, 0.3) is 22.8 Å². The van der Waals surface area contributed by atoms with Crippen LogP contribution in [0.15, 0.2) is 28.8 Å². The van der Waals surface area contributed by atoms with Gasteiger partial charge in [0.15, 0.2) is 0 Å². The number of ether oxygens (including phenoxy) is 2. The van der Waals surface area contributed by atoms with Crippen LogP contribution in [0.3, 0.4) is 0 Å². The van der Waals surface area contributed by atoms with Crippen molar-refractivity contribution < 1.29 is 26.6 Å². The van der Waals surface area contributed by atoms with E-state index in [1.807, 2.05) is 38.1 Å². The Morgan fingerprint density at radius 3 is 2.51 bits per heavy atom. The monoisotopic (exact) mass is 501 g/mol. The minimum Gasteiger partial charge on any atom is -0.491 e. The molecular formula is C25H31N3O6S. The van der Waals surface area contributed by atoms with Gasteiger partial charge < -0.3 is 14.0 Å². The zero-order valence-electron chi connectivity index (χ0n) is 20.5. The lowest BCUT2D eigenvalue weighted by molar-refractivity contribution is 0.220. The normalized spacial score (nSPS) is 14.4. The molecule has 1 aromatic carbocycles.